The summed E-state index contributed by atoms with van der Waals surface area (Å²) in [6, 6.07) is 13.7. The minimum absolute atomic E-state index is 0.0881. The number of carbonyl (C=O) groups excluding carboxylic acids is 2. The van der Waals surface area contributed by atoms with Gasteiger partial charge in [0.05, 0.1) is 16.1 Å². The summed E-state index contributed by atoms with van der Waals surface area (Å²) >= 11 is 0. The summed E-state index contributed by atoms with van der Waals surface area (Å²) in [5.74, 6) is -2.02. The van der Waals surface area contributed by atoms with E-state index in [0.29, 0.717) is 10.4 Å². The van der Waals surface area contributed by atoms with Crippen LogP contribution in [0.2, 0.25) is 0 Å². The van der Waals surface area contributed by atoms with E-state index in [1.165, 1.54) is 49.4 Å². The number of amides is 2. The molecule has 0 bridgehead atoms. The van der Waals surface area contributed by atoms with Crippen LogP contribution in [-0.2, 0) is 32.3 Å². The topological polar surface area (TPSA) is 86.8 Å². The molecule has 1 aliphatic carbocycles. The first-order valence-electron chi connectivity index (χ1n) is 14.4. The predicted octanol–water partition coefficient (Wildman–Crippen LogP) is 6.21. The number of alkyl halides is 3. The summed E-state index contributed by atoms with van der Waals surface area (Å²) in [5, 5.41) is 2.94. The first-order chi connectivity index (χ1) is 20.8. The van der Waals surface area contributed by atoms with Gasteiger partial charge < -0.3 is 10.2 Å². The summed E-state index contributed by atoms with van der Waals surface area (Å²) in [6.07, 6.45) is -0.280. The Morgan fingerprint density at radius 1 is 0.955 bits per heavy atom. The standard InChI is InChI=1S/C32H35F4N3O4S/c1-22-15-17-28(18-16-22)44(42,43)39(27-13-8-10-25(19-27)32(34,35)36)21-30(40)38(20-24-9-6-7-14-29(24)33)23(2)31(41)37-26-11-4-3-5-12-26/h6-10,13-19,23,26H,3-5,11-12,20-21H2,1-2H3,(H,37,41). The molecule has 1 unspecified atom stereocenters. The smallest absolute Gasteiger partial charge is 0.352 e. The van der Waals surface area contributed by atoms with Crippen molar-refractivity contribution in [1.29, 1.82) is 0 Å². The fourth-order valence-corrected chi connectivity index (χ4v) is 6.57. The van der Waals surface area contributed by atoms with Crippen molar-refractivity contribution in [3.8, 4) is 0 Å². The number of aryl methyl sites for hydroxylation is 1. The Morgan fingerprint density at radius 3 is 2.25 bits per heavy atom. The molecule has 7 nitrogen and oxygen atoms in total. The Hall–Kier alpha value is -3.93. The van der Waals surface area contributed by atoms with Gasteiger partial charge in [0.2, 0.25) is 11.8 Å². The van der Waals surface area contributed by atoms with E-state index in [9.17, 15) is 35.6 Å². The third-order valence-corrected chi connectivity index (χ3v) is 9.55. The van der Waals surface area contributed by atoms with E-state index < -0.39 is 52.0 Å². The van der Waals surface area contributed by atoms with Crippen LogP contribution in [0.15, 0.2) is 77.7 Å². The lowest BCUT2D eigenvalue weighted by Gasteiger charge is -2.33. The molecule has 0 aromatic heterocycles. The molecule has 236 valence electrons. The largest absolute Gasteiger partial charge is 0.416 e. The summed E-state index contributed by atoms with van der Waals surface area (Å²) in [7, 11) is -4.57. The zero-order chi connectivity index (χ0) is 32.1. The van der Waals surface area contributed by atoms with Gasteiger partial charge in [0, 0.05) is 18.2 Å². The molecule has 3 aromatic carbocycles. The molecule has 1 aliphatic rings. The number of hydrogen-bond donors (Lipinski definition) is 1. The Bertz CT molecular complexity index is 1570. The third-order valence-electron chi connectivity index (χ3n) is 7.77. The Labute approximate surface area is 254 Å². The average Bonchev–Trinajstić information content (AvgIpc) is 2.99. The molecule has 0 saturated heterocycles. The zero-order valence-corrected chi connectivity index (χ0v) is 25.3. The molecule has 1 fully saturated rings. The first-order valence-corrected chi connectivity index (χ1v) is 15.8. The van der Waals surface area contributed by atoms with Gasteiger partial charge in [-0.1, -0.05) is 61.2 Å². The van der Waals surface area contributed by atoms with E-state index in [1.807, 2.05) is 0 Å². The molecule has 0 spiro atoms. The Balaban J connectivity index is 1.73. The van der Waals surface area contributed by atoms with Crippen molar-refractivity contribution < 1.29 is 35.6 Å². The van der Waals surface area contributed by atoms with Gasteiger partial charge in [0.25, 0.3) is 10.0 Å². The van der Waals surface area contributed by atoms with Gasteiger partial charge in [-0.15, -0.1) is 0 Å². The van der Waals surface area contributed by atoms with Crippen LogP contribution >= 0.6 is 0 Å². The molecule has 0 heterocycles. The van der Waals surface area contributed by atoms with Crippen LogP contribution in [0.3, 0.4) is 0 Å². The minimum Gasteiger partial charge on any atom is -0.352 e. The maximum atomic E-state index is 14.7. The minimum atomic E-state index is -4.78. The van der Waals surface area contributed by atoms with Crippen LogP contribution in [0.4, 0.5) is 23.2 Å². The lowest BCUT2D eigenvalue weighted by Crippen LogP contribution is -2.53. The van der Waals surface area contributed by atoms with Gasteiger partial charge >= 0.3 is 6.18 Å². The van der Waals surface area contributed by atoms with E-state index in [-0.39, 0.29) is 28.7 Å². The van der Waals surface area contributed by atoms with Crippen LogP contribution in [0.25, 0.3) is 0 Å². The number of sulfonamides is 1. The molecule has 4 rings (SSSR count). The molecule has 2 amide bonds. The second kappa shape index (κ2) is 13.8. The summed E-state index contributed by atoms with van der Waals surface area (Å²) in [4.78, 5) is 28.1. The number of halogens is 4. The number of hydrogen-bond acceptors (Lipinski definition) is 4. The quantitative estimate of drug-likeness (QED) is 0.269. The molecule has 3 aromatic rings. The lowest BCUT2D eigenvalue weighted by molar-refractivity contribution is -0.139. The van der Waals surface area contributed by atoms with E-state index in [2.05, 4.69) is 5.32 Å². The number of carbonyl (C=O) groups is 2. The van der Waals surface area contributed by atoms with E-state index in [1.54, 1.807) is 13.0 Å². The monoisotopic (exact) mass is 633 g/mol. The van der Waals surface area contributed by atoms with Gasteiger partial charge in [0.15, 0.2) is 0 Å². The number of benzene rings is 3. The van der Waals surface area contributed by atoms with Crippen LogP contribution in [0, 0.1) is 12.7 Å². The summed E-state index contributed by atoms with van der Waals surface area (Å²) in [5.41, 5.74) is -0.654. The van der Waals surface area contributed by atoms with Gasteiger partial charge in [-0.25, -0.2) is 12.8 Å². The number of nitrogens with one attached hydrogen (secondary N) is 1. The number of nitrogens with zero attached hydrogens (tertiary/aromatic N) is 2. The van der Waals surface area contributed by atoms with Gasteiger partial charge in [0.1, 0.15) is 18.4 Å². The fraction of sp³-hybridized carbons (Fsp3) is 0.375. The van der Waals surface area contributed by atoms with Crippen LogP contribution < -0.4 is 9.62 Å². The van der Waals surface area contributed by atoms with Crippen molar-refractivity contribution >= 4 is 27.5 Å². The summed E-state index contributed by atoms with van der Waals surface area (Å²) < 4.78 is 84.0. The van der Waals surface area contributed by atoms with Gasteiger partial charge in [-0.05, 0) is 63.1 Å². The molecule has 44 heavy (non-hydrogen) atoms. The third kappa shape index (κ3) is 7.96. The van der Waals surface area contributed by atoms with Crippen molar-refractivity contribution in [3.05, 3.63) is 95.3 Å². The molecule has 1 atom stereocenters. The highest BCUT2D eigenvalue weighted by molar-refractivity contribution is 7.92. The van der Waals surface area contributed by atoms with Crippen molar-refractivity contribution in [3.63, 3.8) is 0 Å². The van der Waals surface area contributed by atoms with E-state index in [4.69, 9.17) is 0 Å². The highest BCUT2D eigenvalue weighted by atomic mass is 32.2. The summed E-state index contributed by atoms with van der Waals surface area (Å²) in [6.45, 7) is 1.89. The number of rotatable bonds is 10. The first kappa shape index (κ1) is 33.0. The molecule has 0 radical (unpaired) electrons. The Morgan fingerprint density at radius 2 is 1.61 bits per heavy atom. The van der Waals surface area contributed by atoms with Gasteiger partial charge in [-0.2, -0.15) is 13.2 Å². The van der Waals surface area contributed by atoms with Crippen LogP contribution in [0.5, 0.6) is 0 Å². The molecule has 12 heteroatoms. The van der Waals surface area contributed by atoms with E-state index in [0.717, 1.165) is 60.8 Å². The second-order valence-corrected chi connectivity index (χ2v) is 12.9. The molecule has 1 saturated carbocycles. The van der Waals surface area contributed by atoms with Crippen LogP contribution in [0.1, 0.15) is 55.7 Å². The SMILES string of the molecule is Cc1ccc(S(=O)(=O)N(CC(=O)N(Cc2ccccc2F)C(C)C(=O)NC2CCCCC2)c2cccc(C(F)(F)F)c2)cc1. The molecule has 1 N–H and O–H groups in total. The highest BCUT2D eigenvalue weighted by Crippen LogP contribution is 2.33. The maximum absolute atomic E-state index is 14.7. The van der Waals surface area contributed by atoms with Crippen molar-refractivity contribution in [1.82, 2.24) is 10.2 Å². The van der Waals surface area contributed by atoms with Crippen molar-refractivity contribution in [2.45, 2.75) is 75.7 Å². The van der Waals surface area contributed by atoms with Crippen molar-refractivity contribution in [2.75, 3.05) is 10.8 Å². The fourth-order valence-electron chi connectivity index (χ4n) is 5.17. The average molecular weight is 634 g/mol. The second-order valence-electron chi connectivity index (χ2n) is 11.0. The predicted molar refractivity (Wildman–Crippen MR) is 159 cm³/mol. The molecular formula is C32H35F4N3O4S. The number of anilines is 1. The highest BCUT2D eigenvalue weighted by Gasteiger charge is 2.36. The zero-order valence-electron chi connectivity index (χ0n) is 24.5. The Kier molecular flexibility index (Phi) is 10.3. The molecule has 0 aliphatic heterocycles. The lowest BCUT2D eigenvalue weighted by atomic mass is 9.95. The van der Waals surface area contributed by atoms with Crippen LogP contribution in [-0.4, -0.2) is 43.8 Å². The molecular weight excluding hydrogens is 598 g/mol. The normalized spacial score (nSPS) is 15.0. The van der Waals surface area contributed by atoms with Crippen molar-refractivity contribution in [2.24, 2.45) is 0 Å². The maximum Gasteiger partial charge on any atom is 0.416 e. The van der Waals surface area contributed by atoms with Gasteiger partial charge in [-0.3, -0.25) is 13.9 Å². The van der Waals surface area contributed by atoms with E-state index >= 15 is 0 Å².